The predicted molar refractivity (Wildman–Crippen MR) is 83.7 cm³/mol. The molecular formula is C16H23N3O2. The predicted octanol–water partition coefficient (Wildman–Crippen LogP) is 1.54. The van der Waals surface area contributed by atoms with Crippen LogP contribution in [0, 0.1) is 0 Å². The molecule has 1 aliphatic heterocycles. The molecule has 1 fully saturated rings. The van der Waals surface area contributed by atoms with Gasteiger partial charge in [-0.2, -0.15) is 0 Å². The van der Waals surface area contributed by atoms with E-state index in [1.807, 2.05) is 38.6 Å². The summed E-state index contributed by atoms with van der Waals surface area (Å²) < 4.78 is 9.50. The van der Waals surface area contributed by atoms with Gasteiger partial charge < -0.3 is 18.8 Å². The van der Waals surface area contributed by atoms with E-state index >= 15 is 0 Å². The lowest BCUT2D eigenvalue weighted by Gasteiger charge is -2.14. The summed E-state index contributed by atoms with van der Waals surface area (Å²) in [5.41, 5.74) is 0.893. The Morgan fingerprint density at radius 1 is 1.29 bits per heavy atom. The van der Waals surface area contributed by atoms with Gasteiger partial charge >= 0.3 is 0 Å². The summed E-state index contributed by atoms with van der Waals surface area (Å²) >= 11 is 0. The van der Waals surface area contributed by atoms with Crippen molar-refractivity contribution < 1.29 is 4.74 Å². The van der Waals surface area contributed by atoms with Gasteiger partial charge in [-0.15, -0.1) is 0 Å². The van der Waals surface area contributed by atoms with Gasteiger partial charge in [-0.3, -0.25) is 4.79 Å². The molecule has 21 heavy (non-hydrogen) atoms. The second kappa shape index (κ2) is 6.03. The third-order valence-electron chi connectivity index (χ3n) is 4.10. The molecule has 1 saturated heterocycles. The maximum atomic E-state index is 12.7. The second-order valence-corrected chi connectivity index (χ2v) is 6.02. The van der Waals surface area contributed by atoms with Crippen LogP contribution in [0.1, 0.15) is 12.8 Å². The van der Waals surface area contributed by atoms with Crippen molar-refractivity contribution in [1.29, 1.82) is 0 Å². The lowest BCUT2D eigenvalue weighted by atomic mass is 10.2. The summed E-state index contributed by atoms with van der Waals surface area (Å²) in [6, 6.07) is 4.04. The highest BCUT2D eigenvalue weighted by Crippen LogP contribution is 2.15. The Morgan fingerprint density at radius 3 is 2.71 bits per heavy atom. The first-order chi connectivity index (χ1) is 10.1. The molecule has 0 aromatic carbocycles. The quantitative estimate of drug-likeness (QED) is 0.838. The molecule has 2 aromatic rings. The second-order valence-electron chi connectivity index (χ2n) is 6.02. The van der Waals surface area contributed by atoms with E-state index in [1.165, 1.54) is 0 Å². The van der Waals surface area contributed by atoms with E-state index in [0.717, 1.165) is 43.4 Å². The first-order valence-electron chi connectivity index (χ1n) is 7.60. The van der Waals surface area contributed by atoms with Crippen LogP contribution in [0.15, 0.2) is 29.3 Å². The number of likely N-dealkylation sites (N-methyl/N-ethyl adjacent to an activating group) is 1. The third-order valence-corrected chi connectivity index (χ3v) is 4.10. The normalized spacial score (nSPS) is 18.9. The molecule has 3 heterocycles. The monoisotopic (exact) mass is 289 g/mol. The number of fused-ring (bicyclic) bond motifs is 1. The van der Waals surface area contributed by atoms with Gasteiger partial charge in [0.05, 0.1) is 12.6 Å². The molecule has 0 bridgehead atoms. The first-order valence-corrected chi connectivity index (χ1v) is 7.60. The standard InChI is InChI=1S/C16H23N3O2/c1-17(2)9-10-18-7-5-13-6-8-19(16(20)15(13)18)12-14-4-3-11-21-14/h5-8,14H,3-4,9-12H2,1-2H3/t14-/m0/s1. The molecule has 0 unspecified atom stereocenters. The van der Waals surface area contributed by atoms with Crippen molar-refractivity contribution in [3.63, 3.8) is 0 Å². The first kappa shape index (κ1) is 14.4. The molecule has 2 aromatic heterocycles. The minimum atomic E-state index is 0.0896. The summed E-state index contributed by atoms with van der Waals surface area (Å²) in [6.07, 6.45) is 6.23. The number of hydrogen-bond donors (Lipinski definition) is 0. The summed E-state index contributed by atoms with van der Waals surface area (Å²) in [7, 11) is 4.09. The highest BCUT2D eigenvalue weighted by atomic mass is 16.5. The van der Waals surface area contributed by atoms with Crippen LogP contribution >= 0.6 is 0 Å². The van der Waals surface area contributed by atoms with Crippen molar-refractivity contribution in [3.8, 4) is 0 Å². The Balaban J connectivity index is 1.90. The van der Waals surface area contributed by atoms with Gasteiger partial charge in [0.2, 0.25) is 0 Å². The Hall–Kier alpha value is -1.59. The average Bonchev–Trinajstić information content (AvgIpc) is 3.09. The van der Waals surface area contributed by atoms with Gasteiger partial charge in [0.25, 0.3) is 5.56 Å². The summed E-state index contributed by atoms with van der Waals surface area (Å²) in [5.74, 6) is 0. The van der Waals surface area contributed by atoms with Crippen molar-refractivity contribution in [3.05, 3.63) is 34.9 Å². The van der Waals surface area contributed by atoms with Gasteiger partial charge in [-0.25, -0.2) is 0 Å². The molecular weight excluding hydrogens is 266 g/mol. The van der Waals surface area contributed by atoms with Crippen molar-refractivity contribution in [2.24, 2.45) is 0 Å². The van der Waals surface area contributed by atoms with Gasteiger partial charge in [-0.05, 0) is 39.1 Å². The molecule has 1 aliphatic rings. The zero-order chi connectivity index (χ0) is 14.8. The molecule has 1 atom stereocenters. The smallest absolute Gasteiger partial charge is 0.275 e. The SMILES string of the molecule is CN(C)CCn1ccc2ccn(C[C@@H]3CCCO3)c(=O)c21. The molecule has 0 spiro atoms. The van der Waals surface area contributed by atoms with E-state index < -0.39 is 0 Å². The molecule has 3 rings (SSSR count). The highest BCUT2D eigenvalue weighted by Gasteiger charge is 2.17. The minimum absolute atomic E-state index is 0.0896. The van der Waals surface area contributed by atoms with Crippen LogP contribution < -0.4 is 5.56 Å². The Bertz CT molecular complexity index is 666. The zero-order valence-electron chi connectivity index (χ0n) is 12.8. The Kier molecular flexibility index (Phi) is 4.12. The lowest BCUT2D eigenvalue weighted by Crippen LogP contribution is -2.27. The molecule has 0 aliphatic carbocycles. The van der Waals surface area contributed by atoms with Crippen molar-refractivity contribution >= 4 is 10.9 Å². The average molecular weight is 289 g/mol. The summed E-state index contributed by atoms with van der Waals surface area (Å²) in [4.78, 5) is 14.8. The summed E-state index contributed by atoms with van der Waals surface area (Å²) in [5, 5.41) is 1.02. The number of ether oxygens (including phenoxy) is 1. The summed E-state index contributed by atoms with van der Waals surface area (Å²) in [6.45, 7) is 3.23. The van der Waals surface area contributed by atoms with Gasteiger partial charge in [-0.1, -0.05) is 0 Å². The minimum Gasteiger partial charge on any atom is -0.376 e. The van der Waals surface area contributed by atoms with Gasteiger partial charge in [0, 0.05) is 37.5 Å². The van der Waals surface area contributed by atoms with Crippen LogP contribution in [0.3, 0.4) is 0 Å². The van der Waals surface area contributed by atoms with E-state index in [2.05, 4.69) is 9.47 Å². The van der Waals surface area contributed by atoms with Gasteiger partial charge in [0.1, 0.15) is 5.52 Å². The molecule has 0 radical (unpaired) electrons. The van der Waals surface area contributed by atoms with Crippen molar-refractivity contribution in [1.82, 2.24) is 14.0 Å². The van der Waals surface area contributed by atoms with Crippen LogP contribution in [0.25, 0.3) is 10.9 Å². The highest BCUT2D eigenvalue weighted by molar-refractivity contribution is 5.78. The largest absolute Gasteiger partial charge is 0.376 e. The Labute approximate surface area is 124 Å². The number of pyridine rings is 1. The maximum Gasteiger partial charge on any atom is 0.275 e. The molecule has 0 saturated carbocycles. The van der Waals surface area contributed by atoms with Crippen LogP contribution in [0.2, 0.25) is 0 Å². The molecule has 0 N–H and O–H groups in total. The molecule has 0 amide bonds. The van der Waals surface area contributed by atoms with Gasteiger partial charge in [0.15, 0.2) is 0 Å². The maximum absolute atomic E-state index is 12.7. The van der Waals surface area contributed by atoms with Crippen LogP contribution in [-0.4, -0.2) is 47.4 Å². The van der Waals surface area contributed by atoms with Crippen molar-refractivity contribution in [2.45, 2.75) is 32.0 Å². The topological polar surface area (TPSA) is 39.4 Å². The Morgan fingerprint density at radius 2 is 2.05 bits per heavy atom. The number of rotatable bonds is 5. The fourth-order valence-corrected chi connectivity index (χ4v) is 2.89. The molecule has 114 valence electrons. The van der Waals surface area contributed by atoms with E-state index in [9.17, 15) is 4.79 Å². The molecule has 5 nitrogen and oxygen atoms in total. The van der Waals surface area contributed by atoms with E-state index in [1.54, 1.807) is 4.57 Å². The molecule has 5 heteroatoms. The number of hydrogen-bond acceptors (Lipinski definition) is 3. The van der Waals surface area contributed by atoms with Crippen LogP contribution in [0.5, 0.6) is 0 Å². The number of aromatic nitrogens is 2. The number of nitrogens with zero attached hydrogens (tertiary/aromatic N) is 3. The van der Waals surface area contributed by atoms with E-state index in [-0.39, 0.29) is 11.7 Å². The third kappa shape index (κ3) is 3.04. The van der Waals surface area contributed by atoms with E-state index in [4.69, 9.17) is 4.74 Å². The zero-order valence-corrected chi connectivity index (χ0v) is 12.8. The van der Waals surface area contributed by atoms with Crippen LogP contribution in [0.4, 0.5) is 0 Å². The van der Waals surface area contributed by atoms with Crippen LogP contribution in [-0.2, 0) is 17.8 Å². The van der Waals surface area contributed by atoms with E-state index in [0.29, 0.717) is 6.54 Å². The van der Waals surface area contributed by atoms with Crippen molar-refractivity contribution in [2.75, 3.05) is 27.2 Å². The fourth-order valence-electron chi connectivity index (χ4n) is 2.89. The lowest BCUT2D eigenvalue weighted by molar-refractivity contribution is 0.0963. The fraction of sp³-hybridized carbons (Fsp3) is 0.562.